The van der Waals surface area contributed by atoms with Crippen LogP contribution in [0.25, 0.3) is 6.08 Å². The highest BCUT2D eigenvalue weighted by molar-refractivity contribution is 6.32. The van der Waals surface area contributed by atoms with Crippen LogP contribution in [-0.2, 0) is 9.63 Å². The second-order valence-electron chi connectivity index (χ2n) is 7.33. The van der Waals surface area contributed by atoms with E-state index in [1.807, 2.05) is 42.5 Å². The van der Waals surface area contributed by atoms with Crippen LogP contribution in [0.3, 0.4) is 0 Å². The van der Waals surface area contributed by atoms with Crippen molar-refractivity contribution in [2.75, 3.05) is 13.2 Å². The van der Waals surface area contributed by atoms with Crippen LogP contribution in [-0.4, -0.2) is 35.9 Å². The molecule has 1 amide bonds. The van der Waals surface area contributed by atoms with Crippen LogP contribution in [0.2, 0.25) is 0 Å². The number of rotatable bonds is 6. The minimum Gasteiger partial charge on any atom is -0.490 e. The average Bonchev–Trinajstić information content (AvgIpc) is 3.12. The van der Waals surface area contributed by atoms with E-state index in [0.29, 0.717) is 30.6 Å². The van der Waals surface area contributed by atoms with Gasteiger partial charge in [-0.25, -0.2) is 0 Å². The maximum Gasteiger partial charge on any atom is 0.282 e. The molecule has 0 fully saturated rings. The number of fused-ring (bicyclic) bond motifs is 1. The van der Waals surface area contributed by atoms with E-state index in [2.05, 4.69) is 18.8 Å². The molecule has 31 heavy (non-hydrogen) atoms. The number of amides is 1. The number of benzene rings is 2. The van der Waals surface area contributed by atoms with E-state index in [4.69, 9.17) is 19.7 Å². The van der Waals surface area contributed by atoms with Gasteiger partial charge < -0.3 is 14.3 Å². The monoisotopic (exact) mass is 417 g/mol. The summed E-state index contributed by atoms with van der Waals surface area (Å²) in [6.45, 7) is 6.71. The number of carbonyl (C=O) groups is 1. The van der Waals surface area contributed by atoms with Crippen LogP contribution in [0.4, 0.5) is 0 Å². The highest BCUT2D eigenvalue weighted by Crippen LogP contribution is 2.24. The second kappa shape index (κ2) is 8.47. The second-order valence-corrected chi connectivity index (χ2v) is 7.33. The van der Waals surface area contributed by atoms with E-state index < -0.39 is 5.91 Å². The molecule has 7 nitrogen and oxygen atoms in total. The predicted molar refractivity (Wildman–Crippen MR) is 118 cm³/mol. The quantitative estimate of drug-likeness (QED) is 0.562. The molecule has 0 saturated heterocycles. The Morgan fingerprint density at radius 2 is 1.68 bits per heavy atom. The largest absolute Gasteiger partial charge is 0.490 e. The molecule has 7 heteroatoms. The summed E-state index contributed by atoms with van der Waals surface area (Å²) < 4.78 is 11.5. The van der Waals surface area contributed by atoms with Gasteiger partial charge in [-0.1, -0.05) is 18.2 Å². The van der Waals surface area contributed by atoms with Crippen molar-refractivity contribution in [2.24, 2.45) is 4.99 Å². The van der Waals surface area contributed by atoms with Gasteiger partial charge in [0.15, 0.2) is 11.7 Å². The Kier molecular flexibility index (Phi) is 5.58. The van der Waals surface area contributed by atoms with Gasteiger partial charge in [-0.05, 0) is 67.8 Å². The van der Waals surface area contributed by atoms with Gasteiger partial charge in [0.25, 0.3) is 5.91 Å². The Balaban J connectivity index is 1.34. The molecule has 0 unspecified atom stereocenters. The maximum absolute atomic E-state index is 12.3. The third-order valence-electron chi connectivity index (χ3n) is 4.97. The van der Waals surface area contributed by atoms with Gasteiger partial charge in [0.1, 0.15) is 30.5 Å². The number of aliphatic imine (C=N–C) groups is 1. The lowest BCUT2D eigenvalue weighted by molar-refractivity contribution is -0.114. The summed E-state index contributed by atoms with van der Waals surface area (Å²) in [6.07, 6.45) is 3.24. The highest BCUT2D eigenvalue weighted by atomic mass is 16.7. The van der Waals surface area contributed by atoms with E-state index in [1.165, 1.54) is 16.2 Å². The van der Waals surface area contributed by atoms with Gasteiger partial charge in [-0.15, -0.1) is 5.06 Å². The molecular weight excluding hydrogens is 394 g/mol. The van der Waals surface area contributed by atoms with Crippen molar-refractivity contribution in [1.29, 1.82) is 5.41 Å². The van der Waals surface area contributed by atoms with Gasteiger partial charge in [0.05, 0.1) is 5.57 Å². The Bertz CT molecular complexity index is 1130. The van der Waals surface area contributed by atoms with Crippen molar-refractivity contribution in [3.8, 4) is 11.5 Å². The zero-order chi connectivity index (χ0) is 22.0. The topological polar surface area (TPSA) is 84.2 Å². The first kappa shape index (κ1) is 20.4. The molecule has 0 aliphatic carbocycles. The van der Waals surface area contributed by atoms with Crippen LogP contribution < -0.4 is 9.47 Å². The Hall–Kier alpha value is -3.87. The zero-order valence-electron chi connectivity index (χ0n) is 17.6. The van der Waals surface area contributed by atoms with Gasteiger partial charge >= 0.3 is 0 Å². The number of carbonyl (C=O) groups excluding carboxylic acids is 1. The van der Waals surface area contributed by atoms with Gasteiger partial charge in [-0.3, -0.25) is 10.2 Å². The van der Waals surface area contributed by atoms with Crippen molar-refractivity contribution < 1.29 is 19.1 Å². The fourth-order valence-corrected chi connectivity index (χ4v) is 3.15. The molecular formula is C24H23N3O4. The first-order valence-corrected chi connectivity index (χ1v) is 9.93. The SMILES string of the molecule is CC1=CC2=NC(=O)/C(=C/c3ccc(OCCOc4ccc(C)c(C)c4)cc3)C(=N)N2O1. The molecule has 2 aliphatic rings. The van der Waals surface area contributed by atoms with E-state index >= 15 is 0 Å². The number of hydroxylamine groups is 2. The molecule has 0 radical (unpaired) electrons. The number of amidine groups is 2. The van der Waals surface area contributed by atoms with Gasteiger partial charge in [0, 0.05) is 6.08 Å². The summed E-state index contributed by atoms with van der Waals surface area (Å²) >= 11 is 0. The number of hydrogen-bond acceptors (Lipinski definition) is 5. The molecule has 158 valence electrons. The first-order valence-electron chi connectivity index (χ1n) is 9.93. The van der Waals surface area contributed by atoms with E-state index in [-0.39, 0.29) is 11.4 Å². The number of hydrogen-bond donors (Lipinski definition) is 1. The third kappa shape index (κ3) is 4.50. The molecule has 4 rings (SSSR count). The molecule has 2 heterocycles. The Morgan fingerprint density at radius 1 is 1.00 bits per heavy atom. The molecule has 0 spiro atoms. The fourth-order valence-electron chi connectivity index (χ4n) is 3.15. The highest BCUT2D eigenvalue weighted by Gasteiger charge is 2.34. The molecule has 1 N–H and O–H groups in total. The molecule has 0 atom stereocenters. The standard InChI is InChI=1S/C24H23N3O4/c1-15-4-7-20(12-16(15)2)30-11-10-29-19-8-5-18(6-9-19)14-21-23(25)27-22(26-24(21)28)13-17(3)31-27/h4-9,12-14,25H,10-11H2,1-3H3/b21-14+,25-23?. The van der Waals surface area contributed by atoms with E-state index in [0.717, 1.165) is 11.3 Å². The van der Waals surface area contributed by atoms with Crippen molar-refractivity contribution in [1.82, 2.24) is 5.06 Å². The molecule has 2 aliphatic heterocycles. The number of nitrogens with one attached hydrogen (secondary N) is 1. The normalized spacial score (nSPS) is 16.6. The van der Waals surface area contributed by atoms with Gasteiger partial charge in [0.2, 0.25) is 0 Å². The fraction of sp³-hybridized carbons (Fsp3) is 0.208. The minimum atomic E-state index is -0.463. The average molecular weight is 417 g/mol. The molecule has 0 saturated carbocycles. The summed E-state index contributed by atoms with van der Waals surface area (Å²) in [4.78, 5) is 21.7. The number of ether oxygens (including phenoxy) is 2. The molecule has 2 aromatic carbocycles. The molecule has 0 bridgehead atoms. The molecule has 2 aromatic rings. The number of nitrogens with zero attached hydrogens (tertiary/aromatic N) is 2. The van der Waals surface area contributed by atoms with Crippen LogP contribution in [0.15, 0.2) is 64.9 Å². The Morgan fingerprint density at radius 3 is 2.39 bits per heavy atom. The van der Waals surface area contributed by atoms with Gasteiger partial charge in [-0.2, -0.15) is 4.99 Å². The zero-order valence-corrected chi connectivity index (χ0v) is 17.6. The lowest BCUT2D eigenvalue weighted by Gasteiger charge is -2.22. The summed E-state index contributed by atoms with van der Waals surface area (Å²) in [7, 11) is 0. The molecule has 0 aromatic heterocycles. The predicted octanol–water partition coefficient (Wildman–Crippen LogP) is 4.21. The summed E-state index contributed by atoms with van der Waals surface area (Å²) in [5, 5.41) is 9.50. The van der Waals surface area contributed by atoms with Crippen LogP contribution >= 0.6 is 0 Å². The van der Waals surface area contributed by atoms with Crippen molar-refractivity contribution in [3.05, 3.63) is 76.6 Å². The summed E-state index contributed by atoms with van der Waals surface area (Å²) in [6, 6.07) is 13.3. The van der Waals surface area contributed by atoms with Crippen LogP contribution in [0, 0.1) is 19.3 Å². The van der Waals surface area contributed by atoms with Crippen LogP contribution in [0.5, 0.6) is 11.5 Å². The smallest absolute Gasteiger partial charge is 0.282 e. The van der Waals surface area contributed by atoms with Crippen LogP contribution in [0.1, 0.15) is 23.6 Å². The lowest BCUT2D eigenvalue weighted by Crippen LogP contribution is -2.38. The summed E-state index contributed by atoms with van der Waals surface area (Å²) in [5.41, 5.74) is 3.35. The Labute approximate surface area is 180 Å². The third-order valence-corrected chi connectivity index (χ3v) is 4.97. The van der Waals surface area contributed by atoms with Crippen molar-refractivity contribution in [3.63, 3.8) is 0 Å². The van der Waals surface area contributed by atoms with Crippen molar-refractivity contribution in [2.45, 2.75) is 20.8 Å². The first-order chi connectivity index (χ1) is 14.9. The number of allylic oxidation sites excluding steroid dienone is 1. The number of aryl methyl sites for hydroxylation is 2. The minimum absolute atomic E-state index is 0.0353. The summed E-state index contributed by atoms with van der Waals surface area (Å²) in [5.74, 6) is 1.93. The van der Waals surface area contributed by atoms with E-state index in [9.17, 15) is 4.79 Å². The lowest BCUT2D eigenvalue weighted by atomic mass is 10.1. The maximum atomic E-state index is 12.3. The van der Waals surface area contributed by atoms with Crippen molar-refractivity contribution >= 4 is 23.7 Å². The van der Waals surface area contributed by atoms with E-state index in [1.54, 1.807) is 19.1 Å².